The zero-order valence-corrected chi connectivity index (χ0v) is 20.0. The molecule has 0 atom stereocenters. The topological polar surface area (TPSA) is 69.7 Å². The molecule has 0 saturated carbocycles. The number of aryl methyl sites for hydroxylation is 2. The molecular formula is C26H29N3O3S. The summed E-state index contributed by atoms with van der Waals surface area (Å²) in [6.07, 6.45) is 0. The number of piperazine rings is 1. The molecule has 4 rings (SSSR count). The zero-order valence-electron chi connectivity index (χ0n) is 19.2. The number of hydrogen-bond acceptors (Lipinski definition) is 4. The van der Waals surface area contributed by atoms with Gasteiger partial charge in [-0.15, -0.1) is 0 Å². The third-order valence-corrected chi connectivity index (χ3v) is 7.57. The molecule has 3 aromatic rings. The van der Waals surface area contributed by atoms with Crippen molar-refractivity contribution in [3.63, 3.8) is 0 Å². The first kappa shape index (κ1) is 22.9. The molecule has 1 saturated heterocycles. The first-order chi connectivity index (χ1) is 15.7. The maximum Gasteiger partial charge on any atom is 0.261 e. The third kappa shape index (κ3) is 5.03. The second kappa shape index (κ2) is 9.27. The van der Waals surface area contributed by atoms with Gasteiger partial charge in [-0.3, -0.25) is 9.52 Å². The number of carbonyl (C=O) groups is 1. The van der Waals surface area contributed by atoms with Crippen molar-refractivity contribution in [3.8, 4) is 0 Å². The first-order valence-corrected chi connectivity index (χ1v) is 12.5. The molecule has 172 valence electrons. The van der Waals surface area contributed by atoms with Gasteiger partial charge in [-0.25, -0.2) is 8.42 Å². The van der Waals surface area contributed by atoms with Crippen LogP contribution in [0.1, 0.15) is 27.0 Å². The van der Waals surface area contributed by atoms with E-state index in [9.17, 15) is 13.2 Å². The molecule has 1 heterocycles. The number of amides is 1. The Labute approximate surface area is 195 Å². The normalized spacial score (nSPS) is 14.3. The molecule has 0 radical (unpaired) electrons. The van der Waals surface area contributed by atoms with Crippen LogP contribution in [0, 0.1) is 20.8 Å². The molecule has 33 heavy (non-hydrogen) atoms. The second-order valence-electron chi connectivity index (χ2n) is 8.50. The van der Waals surface area contributed by atoms with E-state index in [1.54, 1.807) is 48.5 Å². The molecule has 1 fully saturated rings. The van der Waals surface area contributed by atoms with E-state index >= 15 is 0 Å². The van der Waals surface area contributed by atoms with E-state index in [0.29, 0.717) is 24.3 Å². The second-order valence-corrected chi connectivity index (χ2v) is 10.2. The summed E-state index contributed by atoms with van der Waals surface area (Å²) in [7, 11) is -3.72. The zero-order chi connectivity index (χ0) is 23.6. The van der Waals surface area contributed by atoms with E-state index in [0.717, 1.165) is 18.7 Å². The quantitative estimate of drug-likeness (QED) is 0.610. The van der Waals surface area contributed by atoms with E-state index in [1.807, 2.05) is 11.8 Å². The highest BCUT2D eigenvalue weighted by Crippen LogP contribution is 2.25. The summed E-state index contributed by atoms with van der Waals surface area (Å²) in [5.41, 5.74) is 5.57. The Morgan fingerprint density at radius 2 is 1.52 bits per heavy atom. The van der Waals surface area contributed by atoms with Crippen LogP contribution in [0.4, 0.5) is 11.4 Å². The van der Waals surface area contributed by atoms with Crippen molar-refractivity contribution in [1.82, 2.24) is 4.90 Å². The predicted molar refractivity (Wildman–Crippen MR) is 132 cm³/mol. The molecule has 7 heteroatoms. The van der Waals surface area contributed by atoms with Crippen LogP contribution in [0.5, 0.6) is 0 Å². The molecule has 1 aliphatic rings. The SMILES string of the molecule is Cc1ccc(S(=O)(=O)Nc2cccc(C(=O)N3CCN(c4cccc(C)c4C)CC3)c2)cc1. The summed E-state index contributed by atoms with van der Waals surface area (Å²) < 4.78 is 28.0. The van der Waals surface area contributed by atoms with Crippen molar-refractivity contribution in [1.29, 1.82) is 0 Å². The molecule has 0 aromatic heterocycles. The fraction of sp³-hybridized carbons (Fsp3) is 0.269. The Hall–Kier alpha value is -3.32. The molecule has 1 aliphatic heterocycles. The average Bonchev–Trinajstić information content (AvgIpc) is 2.81. The molecule has 0 spiro atoms. The van der Waals surface area contributed by atoms with Gasteiger partial charge in [0.25, 0.3) is 15.9 Å². The molecule has 0 bridgehead atoms. The molecule has 6 nitrogen and oxygen atoms in total. The van der Waals surface area contributed by atoms with E-state index in [2.05, 4.69) is 41.7 Å². The monoisotopic (exact) mass is 463 g/mol. The Morgan fingerprint density at radius 1 is 0.848 bits per heavy atom. The predicted octanol–water partition coefficient (Wildman–Crippen LogP) is 4.38. The van der Waals surface area contributed by atoms with E-state index in [4.69, 9.17) is 0 Å². The Bertz CT molecular complexity index is 1260. The van der Waals surface area contributed by atoms with Crippen LogP contribution in [-0.4, -0.2) is 45.4 Å². The van der Waals surface area contributed by atoms with Crippen LogP contribution >= 0.6 is 0 Å². The van der Waals surface area contributed by atoms with Gasteiger partial charge in [0, 0.05) is 43.1 Å². The summed E-state index contributed by atoms with van der Waals surface area (Å²) in [5, 5.41) is 0. The summed E-state index contributed by atoms with van der Waals surface area (Å²) in [4.78, 5) is 17.5. The lowest BCUT2D eigenvalue weighted by molar-refractivity contribution is 0.0747. The summed E-state index contributed by atoms with van der Waals surface area (Å²) in [6, 6.07) is 19.6. The van der Waals surface area contributed by atoms with Gasteiger partial charge in [0.05, 0.1) is 4.90 Å². The minimum absolute atomic E-state index is 0.0907. The van der Waals surface area contributed by atoms with Gasteiger partial charge in [-0.1, -0.05) is 35.9 Å². The fourth-order valence-corrected chi connectivity index (χ4v) is 5.11. The Morgan fingerprint density at radius 3 is 2.21 bits per heavy atom. The standard InChI is InChI=1S/C26H29N3O3S/c1-19-10-12-24(13-11-19)33(31,32)27-23-8-5-7-22(18-23)26(30)29-16-14-28(15-17-29)25-9-4-6-20(2)21(25)3/h4-13,18,27H,14-17H2,1-3H3. The number of nitrogens with one attached hydrogen (secondary N) is 1. The summed E-state index contributed by atoms with van der Waals surface area (Å²) >= 11 is 0. The van der Waals surface area contributed by atoms with Gasteiger partial charge >= 0.3 is 0 Å². The number of nitrogens with zero attached hydrogens (tertiary/aromatic N) is 2. The number of anilines is 2. The van der Waals surface area contributed by atoms with Crippen molar-refractivity contribution in [2.45, 2.75) is 25.7 Å². The highest BCUT2D eigenvalue weighted by Gasteiger charge is 2.24. The maximum absolute atomic E-state index is 13.1. The van der Waals surface area contributed by atoms with Crippen molar-refractivity contribution < 1.29 is 13.2 Å². The number of sulfonamides is 1. The number of hydrogen-bond donors (Lipinski definition) is 1. The number of carbonyl (C=O) groups excluding carboxylic acids is 1. The lowest BCUT2D eigenvalue weighted by atomic mass is 10.1. The van der Waals surface area contributed by atoms with Crippen molar-refractivity contribution in [2.75, 3.05) is 35.8 Å². The van der Waals surface area contributed by atoms with Crippen LogP contribution in [-0.2, 0) is 10.0 Å². The first-order valence-electron chi connectivity index (χ1n) is 11.0. The molecule has 1 N–H and O–H groups in total. The van der Waals surface area contributed by atoms with Gasteiger partial charge in [0.2, 0.25) is 0 Å². The van der Waals surface area contributed by atoms with Crippen LogP contribution < -0.4 is 9.62 Å². The number of benzene rings is 3. The van der Waals surface area contributed by atoms with Crippen LogP contribution in [0.25, 0.3) is 0 Å². The van der Waals surface area contributed by atoms with Gasteiger partial charge < -0.3 is 9.80 Å². The fourth-order valence-electron chi connectivity index (χ4n) is 4.06. The Balaban J connectivity index is 1.44. The van der Waals surface area contributed by atoms with E-state index in [1.165, 1.54) is 16.8 Å². The molecule has 3 aromatic carbocycles. The van der Waals surface area contributed by atoms with Crippen LogP contribution in [0.2, 0.25) is 0 Å². The Kier molecular flexibility index (Phi) is 6.42. The van der Waals surface area contributed by atoms with Crippen LogP contribution in [0.3, 0.4) is 0 Å². The molecular weight excluding hydrogens is 434 g/mol. The van der Waals surface area contributed by atoms with E-state index < -0.39 is 10.0 Å². The lowest BCUT2D eigenvalue weighted by Crippen LogP contribution is -2.49. The van der Waals surface area contributed by atoms with Gasteiger partial charge in [-0.2, -0.15) is 0 Å². The number of rotatable bonds is 5. The van der Waals surface area contributed by atoms with Crippen LogP contribution in [0.15, 0.2) is 71.6 Å². The molecule has 0 aliphatic carbocycles. The maximum atomic E-state index is 13.1. The van der Waals surface area contributed by atoms with Crippen molar-refractivity contribution in [3.05, 3.63) is 89.0 Å². The van der Waals surface area contributed by atoms with Gasteiger partial charge in [0.15, 0.2) is 0 Å². The molecule has 0 unspecified atom stereocenters. The smallest absolute Gasteiger partial charge is 0.261 e. The van der Waals surface area contributed by atoms with E-state index in [-0.39, 0.29) is 10.8 Å². The minimum Gasteiger partial charge on any atom is -0.368 e. The largest absolute Gasteiger partial charge is 0.368 e. The highest BCUT2D eigenvalue weighted by molar-refractivity contribution is 7.92. The van der Waals surface area contributed by atoms with Crippen molar-refractivity contribution in [2.24, 2.45) is 0 Å². The van der Waals surface area contributed by atoms with Crippen molar-refractivity contribution >= 4 is 27.3 Å². The average molecular weight is 464 g/mol. The lowest BCUT2D eigenvalue weighted by Gasteiger charge is -2.37. The van der Waals surface area contributed by atoms with Gasteiger partial charge in [0.1, 0.15) is 0 Å². The summed E-state index contributed by atoms with van der Waals surface area (Å²) in [6.45, 7) is 8.90. The molecule has 1 amide bonds. The highest BCUT2D eigenvalue weighted by atomic mass is 32.2. The summed E-state index contributed by atoms with van der Waals surface area (Å²) in [5.74, 6) is -0.0907. The minimum atomic E-state index is -3.72. The third-order valence-electron chi connectivity index (χ3n) is 6.18. The van der Waals surface area contributed by atoms with Gasteiger partial charge in [-0.05, 0) is 68.3 Å².